The topological polar surface area (TPSA) is 62.6 Å². The highest BCUT2D eigenvalue weighted by Gasteiger charge is 2.36. The summed E-state index contributed by atoms with van der Waals surface area (Å²) in [5.74, 6) is 1.46. The average molecular weight is 264 g/mol. The predicted octanol–water partition coefficient (Wildman–Crippen LogP) is 1.60. The van der Waals surface area contributed by atoms with Gasteiger partial charge >= 0.3 is 0 Å². The van der Waals surface area contributed by atoms with Crippen LogP contribution < -0.4 is 5.32 Å². The number of amides is 2. The van der Waals surface area contributed by atoms with Crippen LogP contribution in [0.2, 0.25) is 0 Å². The Balaban J connectivity index is 2.07. The molecule has 5 heteroatoms. The van der Waals surface area contributed by atoms with Crippen molar-refractivity contribution in [1.82, 2.24) is 10.2 Å². The molecule has 1 N–H and O–H groups in total. The smallest absolute Gasteiger partial charge is 0.243 e. The van der Waals surface area contributed by atoms with Gasteiger partial charge in [-0.25, -0.2) is 0 Å². The SMILES string of the molecule is Cc1ccc(CN2C(=O)CC[C@@H]2C(=O)NC(C)C)o1. The third-order valence-corrected chi connectivity index (χ3v) is 3.18. The van der Waals surface area contributed by atoms with E-state index in [2.05, 4.69) is 5.32 Å². The first-order chi connectivity index (χ1) is 8.97. The van der Waals surface area contributed by atoms with Gasteiger partial charge in [0.2, 0.25) is 11.8 Å². The van der Waals surface area contributed by atoms with Crippen molar-refractivity contribution >= 4 is 11.8 Å². The largest absolute Gasteiger partial charge is 0.464 e. The lowest BCUT2D eigenvalue weighted by atomic mass is 10.2. The van der Waals surface area contributed by atoms with Crippen LogP contribution in [0.1, 0.15) is 38.2 Å². The summed E-state index contributed by atoms with van der Waals surface area (Å²) < 4.78 is 5.48. The van der Waals surface area contributed by atoms with Gasteiger partial charge in [-0.05, 0) is 39.3 Å². The summed E-state index contributed by atoms with van der Waals surface area (Å²) >= 11 is 0. The van der Waals surface area contributed by atoms with Crippen molar-refractivity contribution in [1.29, 1.82) is 0 Å². The fraction of sp³-hybridized carbons (Fsp3) is 0.571. The molecule has 1 aliphatic heterocycles. The van der Waals surface area contributed by atoms with E-state index in [-0.39, 0.29) is 23.9 Å². The molecule has 0 radical (unpaired) electrons. The molecule has 1 aliphatic rings. The van der Waals surface area contributed by atoms with Gasteiger partial charge in [0.15, 0.2) is 0 Å². The van der Waals surface area contributed by atoms with Gasteiger partial charge < -0.3 is 14.6 Å². The Morgan fingerprint density at radius 3 is 2.84 bits per heavy atom. The van der Waals surface area contributed by atoms with E-state index in [1.54, 1.807) is 4.90 Å². The van der Waals surface area contributed by atoms with E-state index in [4.69, 9.17) is 4.42 Å². The number of likely N-dealkylation sites (tertiary alicyclic amines) is 1. The number of carbonyl (C=O) groups is 2. The minimum atomic E-state index is -0.375. The molecule has 0 aliphatic carbocycles. The molecule has 2 heterocycles. The molecule has 1 fully saturated rings. The number of nitrogens with zero attached hydrogens (tertiary/aromatic N) is 1. The molecule has 1 atom stereocenters. The highest BCUT2D eigenvalue weighted by atomic mass is 16.3. The second-order valence-corrected chi connectivity index (χ2v) is 5.25. The van der Waals surface area contributed by atoms with Gasteiger partial charge in [0.1, 0.15) is 17.6 Å². The number of hydrogen-bond donors (Lipinski definition) is 1. The summed E-state index contributed by atoms with van der Waals surface area (Å²) in [4.78, 5) is 25.6. The second-order valence-electron chi connectivity index (χ2n) is 5.25. The molecule has 1 saturated heterocycles. The number of rotatable bonds is 4. The zero-order valence-corrected chi connectivity index (χ0v) is 11.6. The molecule has 0 saturated carbocycles. The molecule has 104 valence electrons. The molecule has 19 heavy (non-hydrogen) atoms. The van der Waals surface area contributed by atoms with E-state index in [0.29, 0.717) is 19.4 Å². The first kappa shape index (κ1) is 13.6. The van der Waals surface area contributed by atoms with Crippen molar-refractivity contribution in [3.8, 4) is 0 Å². The summed E-state index contributed by atoms with van der Waals surface area (Å²) in [6, 6.07) is 3.41. The van der Waals surface area contributed by atoms with Crippen molar-refractivity contribution in [2.75, 3.05) is 0 Å². The molecule has 2 rings (SSSR count). The van der Waals surface area contributed by atoms with Crippen LogP contribution in [0.25, 0.3) is 0 Å². The Hall–Kier alpha value is -1.78. The van der Waals surface area contributed by atoms with Crippen molar-refractivity contribution in [2.24, 2.45) is 0 Å². The summed E-state index contributed by atoms with van der Waals surface area (Å²) in [7, 11) is 0. The van der Waals surface area contributed by atoms with Crippen LogP contribution in [0, 0.1) is 6.92 Å². The minimum Gasteiger partial charge on any atom is -0.464 e. The zero-order valence-electron chi connectivity index (χ0n) is 11.6. The Kier molecular flexibility index (Phi) is 3.93. The summed E-state index contributed by atoms with van der Waals surface area (Å²) in [6.45, 7) is 6.05. The van der Waals surface area contributed by atoms with Crippen LogP contribution >= 0.6 is 0 Å². The van der Waals surface area contributed by atoms with E-state index in [1.165, 1.54) is 0 Å². The van der Waals surface area contributed by atoms with E-state index in [0.717, 1.165) is 11.5 Å². The Morgan fingerprint density at radius 2 is 2.26 bits per heavy atom. The predicted molar refractivity (Wildman–Crippen MR) is 70.3 cm³/mol. The van der Waals surface area contributed by atoms with Gasteiger partial charge in [-0.1, -0.05) is 0 Å². The molecule has 0 bridgehead atoms. The molecular formula is C14H20N2O3. The molecule has 0 spiro atoms. The summed E-state index contributed by atoms with van der Waals surface area (Å²) in [5.41, 5.74) is 0. The molecule has 1 aromatic rings. The number of nitrogens with one attached hydrogen (secondary N) is 1. The number of furan rings is 1. The second kappa shape index (κ2) is 5.47. The highest BCUT2D eigenvalue weighted by Crippen LogP contribution is 2.22. The third kappa shape index (κ3) is 3.16. The Labute approximate surface area is 113 Å². The van der Waals surface area contributed by atoms with E-state index >= 15 is 0 Å². The highest BCUT2D eigenvalue weighted by molar-refractivity contribution is 5.90. The molecule has 5 nitrogen and oxygen atoms in total. The number of hydrogen-bond acceptors (Lipinski definition) is 3. The molecule has 0 aromatic carbocycles. The number of aryl methyl sites for hydroxylation is 1. The normalized spacial score (nSPS) is 19.3. The zero-order chi connectivity index (χ0) is 14.0. The van der Waals surface area contributed by atoms with E-state index in [9.17, 15) is 9.59 Å². The maximum atomic E-state index is 12.1. The first-order valence-corrected chi connectivity index (χ1v) is 6.62. The van der Waals surface area contributed by atoms with Crippen LogP contribution in [0.4, 0.5) is 0 Å². The summed E-state index contributed by atoms with van der Waals surface area (Å²) in [5, 5.41) is 2.86. The monoisotopic (exact) mass is 264 g/mol. The van der Waals surface area contributed by atoms with Gasteiger partial charge in [0, 0.05) is 12.5 Å². The fourth-order valence-electron chi connectivity index (χ4n) is 2.32. The Bertz CT molecular complexity index is 479. The van der Waals surface area contributed by atoms with Crippen molar-refractivity contribution in [3.05, 3.63) is 23.7 Å². The van der Waals surface area contributed by atoms with Gasteiger partial charge in [-0.3, -0.25) is 9.59 Å². The van der Waals surface area contributed by atoms with E-state index in [1.807, 2.05) is 32.9 Å². The maximum Gasteiger partial charge on any atom is 0.243 e. The fourth-order valence-corrected chi connectivity index (χ4v) is 2.32. The van der Waals surface area contributed by atoms with Gasteiger partial charge in [0.25, 0.3) is 0 Å². The standard InChI is InChI=1S/C14H20N2O3/c1-9(2)15-14(18)12-6-7-13(17)16(12)8-11-5-4-10(3)19-11/h4-5,9,12H,6-8H2,1-3H3,(H,15,18)/t12-/m1/s1. The van der Waals surface area contributed by atoms with Crippen molar-refractivity contribution < 1.29 is 14.0 Å². The third-order valence-electron chi connectivity index (χ3n) is 3.18. The van der Waals surface area contributed by atoms with Crippen LogP contribution in [0.5, 0.6) is 0 Å². The van der Waals surface area contributed by atoms with Crippen LogP contribution in [-0.4, -0.2) is 28.8 Å². The van der Waals surface area contributed by atoms with Gasteiger partial charge in [-0.15, -0.1) is 0 Å². The minimum absolute atomic E-state index is 0.0120. The van der Waals surface area contributed by atoms with Gasteiger partial charge in [-0.2, -0.15) is 0 Å². The maximum absolute atomic E-state index is 12.1. The van der Waals surface area contributed by atoms with Crippen LogP contribution in [0.15, 0.2) is 16.5 Å². The Morgan fingerprint density at radius 1 is 1.53 bits per heavy atom. The lowest BCUT2D eigenvalue weighted by Gasteiger charge is -2.24. The molecule has 0 unspecified atom stereocenters. The molecular weight excluding hydrogens is 244 g/mol. The van der Waals surface area contributed by atoms with Gasteiger partial charge in [0.05, 0.1) is 6.54 Å². The van der Waals surface area contributed by atoms with Crippen molar-refractivity contribution in [2.45, 2.75) is 52.2 Å². The average Bonchev–Trinajstić information content (AvgIpc) is 2.87. The van der Waals surface area contributed by atoms with E-state index < -0.39 is 0 Å². The van der Waals surface area contributed by atoms with Crippen LogP contribution in [-0.2, 0) is 16.1 Å². The lowest BCUT2D eigenvalue weighted by molar-refractivity contribution is -0.136. The first-order valence-electron chi connectivity index (χ1n) is 6.62. The quantitative estimate of drug-likeness (QED) is 0.898. The molecule has 2 amide bonds. The van der Waals surface area contributed by atoms with Crippen molar-refractivity contribution in [3.63, 3.8) is 0 Å². The molecule has 1 aromatic heterocycles. The lowest BCUT2D eigenvalue weighted by Crippen LogP contribution is -2.46. The number of carbonyl (C=O) groups excluding carboxylic acids is 2. The van der Waals surface area contributed by atoms with Crippen LogP contribution in [0.3, 0.4) is 0 Å². The summed E-state index contributed by atoms with van der Waals surface area (Å²) in [6.07, 6.45) is 1.01.